The third-order valence-corrected chi connectivity index (χ3v) is 4.56. The molecule has 120 valence electrons. The van der Waals surface area contributed by atoms with Gasteiger partial charge in [0.1, 0.15) is 0 Å². The van der Waals surface area contributed by atoms with Gasteiger partial charge in [-0.1, -0.05) is 24.3 Å². The topological polar surface area (TPSA) is 37.3 Å². The van der Waals surface area contributed by atoms with E-state index in [1.54, 1.807) is 0 Å². The van der Waals surface area contributed by atoms with Crippen LogP contribution in [-0.2, 0) is 4.79 Å². The third kappa shape index (κ3) is 3.54. The van der Waals surface area contributed by atoms with Gasteiger partial charge in [0.25, 0.3) is 0 Å². The van der Waals surface area contributed by atoms with E-state index in [0.717, 1.165) is 36.5 Å². The molecule has 1 atom stereocenters. The van der Waals surface area contributed by atoms with Gasteiger partial charge < -0.3 is 14.8 Å². The van der Waals surface area contributed by atoms with Crippen LogP contribution in [0, 0.1) is 6.92 Å². The highest BCUT2D eigenvalue weighted by molar-refractivity contribution is 5.81. The summed E-state index contributed by atoms with van der Waals surface area (Å²) < 4.78 is 2.01. The highest BCUT2D eigenvalue weighted by atomic mass is 16.1. The summed E-state index contributed by atoms with van der Waals surface area (Å²) in [6.45, 7) is 4.32. The van der Waals surface area contributed by atoms with Crippen molar-refractivity contribution < 1.29 is 4.79 Å². The first-order valence-electron chi connectivity index (χ1n) is 8.01. The Bertz CT molecular complexity index is 700. The Morgan fingerprint density at radius 1 is 1.26 bits per heavy atom. The number of likely N-dealkylation sites (tertiary alicyclic amines) is 1. The second kappa shape index (κ2) is 6.84. The fourth-order valence-corrected chi connectivity index (χ4v) is 3.16. The summed E-state index contributed by atoms with van der Waals surface area (Å²) in [6, 6.07) is 12.6. The maximum absolute atomic E-state index is 10.9. The summed E-state index contributed by atoms with van der Waals surface area (Å²) in [5.74, 6) is 0.618. The molecule has 0 radical (unpaired) electrons. The smallest absolute Gasteiger partial charge is 0.211 e. The fourth-order valence-electron chi connectivity index (χ4n) is 3.16. The van der Waals surface area contributed by atoms with Gasteiger partial charge in [0.05, 0.1) is 5.70 Å². The van der Waals surface area contributed by atoms with Crippen LogP contribution in [0.15, 0.2) is 42.6 Å². The van der Waals surface area contributed by atoms with Crippen LogP contribution in [0.2, 0.25) is 0 Å². The van der Waals surface area contributed by atoms with Gasteiger partial charge in [-0.05, 0) is 56.1 Å². The first-order valence-corrected chi connectivity index (χ1v) is 8.01. The average molecular weight is 309 g/mol. The first-order chi connectivity index (χ1) is 11.2. The van der Waals surface area contributed by atoms with Crippen LogP contribution in [0.3, 0.4) is 0 Å². The van der Waals surface area contributed by atoms with E-state index in [1.165, 1.54) is 12.0 Å². The molecule has 2 aromatic rings. The molecular weight excluding hydrogens is 286 g/mol. The minimum atomic E-state index is 0.618. The monoisotopic (exact) mass is 309 g/mol. The van der Waals surface area contributed by atoms with Gasteiger partial charge >= 0.3 is 0 Å². The number of nitrogens with one attached hydrogen (secondary N) is 1. The second-order valence-electron chi connectivity index (χ2n) is 6.23. The predicted molar refractivity (Wildman–Crippen MR) is 93.8 cm³/mol. The van der Waals surface area contributed by atoms with Gasteiger partial charge in [-0.2, -0.15) is 0 Å². The molecule has 4 heteroatoms. The minimum absolute atomic E-state index is 0.618. The van der Waals surface area contributed by atoms with E-state index < -0.39 is 0 Å². The van der Waals surface area contributed by atoms with Crippen LogP contribution in [0.4, 0.5) is 0 Å². The molecule has 1 aliphatic rings. The molecule has 3 rings (SSSR count). The van der Waals surface area contributed by atoms with E-state index in [-0.39, 0.29) is 0 Å². The van der Waals surface area contributed by atoms with Crippen LogP contribution < -0.4 is 5.32 Å². The van der Waals surface area contributed by atoms with Gasteiger partial charge in [-0.15, -0.1) is 0 Å². The summed E-state index contributed by atoms with van der Waals surface area (Å²) >= 11 is 0. The van der Waals surface area contributed by atoms with Gasteiger partial charge in [0.15, 0.2) is 0 Å². The van der Waals surface area contributed by atoms with Crippen molar-refractivity contribution in [2.45, 2.75) is 19.3 Å². The number of benzene rings is 1. The van der Waals surface area contributed by atoms with Crippen LogP contribution >= 0.6 is 0 Å². The number of nitrogens with zero attached hydrogens (tertiary/aromatic N) is 2. The van der Waals surface area contributed by atoms with Crippen molar-refractivity contribution in [3.05, 3.63) is 59.4 Å². The second-order valence-corrected chi connectivity index (χ2v) is 6.23. The molecule has 4 nitrogen and oxygen atoms in total. The highest BCUT2D eigenvalue weighted by Crippen LogP contribution is 2.27. The van der Waals surface area contributed by atoms with E-state index in [9.17, 15) is 4.79 Å². The molecule has 1 unspecified atom stereocenters. The first kappa shape index (κ1) is 15.6. The molecule has 0 spiro atoms. The summed E-state index contributed by atoms with van der Waals surface area (Å²) in [6.07, 6.45) is 5.87. The summed E-state index contributed by atoms with van der Waals surface area (Å²) in [5, 5.41) is 2.81. The Morgan fingerprint density at radius 3 is 2.61 bits per heavy atom. The van der Waals surface area contributed by atoms with Gasteiger partial charge in [-0.3, -0.25) is 4.79 Å². The standard InChI is InChI=1S/C19H23N3O/c1-15-4-3-10-22(15)13-19(20-14-23)17-7-5-16(6-8-17)18-9-11-21(2)12-18/h3-8,10,13-14,18H,9,11-12H2,1-2H3,(H,20,23)/b19-13-. The Hall–Kier alpha value is -2.33. The summed E-state index contributed by atoms with van der Waals surface area (Å²) in [5.41, 5.74) is 4.32. The Balaban J connectivity index is 1.84. The molecule has 0 saturated carbocycles. The van der Waals surface area contributed by atoms with Crippen LogP contribution in [0.25, 0.3) is 11.9 Å². The molecule has 1 fully saturated rings. The quantitative estimate of drug-likeness (QED) is 0.862. The molecule has 0 bridgehead atoms. The molecule has 23 heavy (non-hydrogen) atoms. The lowest BCUT2D eigenvalue weighted by atomic mass is 9.97. The summed E-state index contributed by atoms with van der Waals surface area (Å²) in [4.78, 5) is 13.3. The lowest BCUT2D eigenvalue weighted by Gasteiger charge is -2.13. The Kier molecular flexibility index (Phi) is 4.63. The Morgan fingerprint density at radius 2 is 2.04 bits per heavy atom. The van der Waals surface area contributed by atoms with E-state index in [0.29, 0.717) is 5.92 Å². The third-order valence-electron chi connectivity index (χ3n) is 4.56. The zero-order valence-corrected chi connectivity index (χ0v) is 13.7. The minimum Gasteiger partial charge on any atom is -0.327 e. The number of rotatable bonds is 5. The van der Waals surface area contributed by atoms with Crippen molar-refractivity contribution >= 4 is 18.3 Å². The molecule has 1 aromatic heterocycles. The highest BCUT2D eigenvalue weighted by Gasteiger charge is 2.20. The maximum Gasteiger partial charge on any atom is 0.211 e. The molecule has 0 aliphatic carbocycles. The van der Waals surface area contributed by atoms with Crippen LogP contribution in [0.1, 0.15) is 29.2 Å². The zero-order chi connectivity index (χ0) is 16.2. The van der Waals surface area contributed by atoms with Crippen molar-refractivity contribution in [2.75, 3.05) is 20.1 Å². The number of aryl methyl sites for hydroxylation is 1. The molecule has 2 heterocycles. The van der Waals surface area contributed by atoms with Crippen molar-refractivity contribution in [1.82, 2.24) is 14.8 Å². The molecule has 1 saturated heterocycles. The number of amides is 1. The largest absolute Gasteiger partial charge is 0.327 e. The molecule has 1 N–H and O–H groups in total. The number of carbonyl (C=O) groups excluding carboxylic acids is 1. The molecule has 1 aromatic carbocycles. The number of hydrogen-bond acceptors (Lipinski definition) is 2. The predicted octanol–water partition coefficient (Wildman–Crippen LogP) is 2.92. The van der Waals surface area contributed by atoms with E-state index in [4.69, 9.17) is 0 Å². The zero-order valence-electron chi connectivity index (χ0n) is 13.7. The van der Waals surface area contributed by atoms with E-state index >= 15 is 0 Å². The van der Waals surface area contributed by atoms with Crippen molar-refractivity contribution in [1.29, 1.82) is 0 Å². The lowest BCUT2D eigenvalue weighted by molar-refractivity contribution is -0.108. The normalized spacial score (nSPS) is 19.0. The molecule has 1 amide bonds. The SMILES string of the molecule is Cc1cccn1/C=C(\NC=O)c1ccc(C2CCN(C)C2)cc1. The van der Waals surface area contributed by atoms with Crippen molar-refractivity contribution in [2.24, 2.45) is 0 Å². The average Bonchev–Trinajstić information content (AvgIpc) is 3.16. The number of hydrogen-bond donors (Lipinski definition) is 1. The number of carbonyl (C=O) groups is 1. The van der Waals surface area contributed by atoms with E-state index in [1.807, 2.05) is 36.0 Å². The summed E-state index contributed by atoms with van der Waals surface area (Å²) in [7, 11) is 2.17. The molecular formula is C19H23N3O. The van der Waals surface area contributed by atoms with Gasteiger partial charge in [-0.25, -0.2) is 0 Å². The maximum atomic E-state index is 10.9. The van der Waals surface area contributed by atoms with Crippen molar-refractivity contribution in [3.63, 3.8) is 0 Å². The van der Waals surface area contributed by atoms with Crippen LogP contribution in [0.5, 0.6) is 0 Å². The van der Waals surface area contributed by atoms with Crippen molar-refractivity contribution in [3.8, 4) is 0 Å². The van der Waals surface area contributed by atoms with Gasteiger partial charge in [0.2, 0.25) is 6.41 Å². The Labute approximate surface area is 137 Å². The number of likely N-dealkylation sites (N-methyl/N-ethyl adjacent to an activating group) is 1. The lowest BCUT2D eigenvalue weighted by Crippen LogP contribution is -2.13. The molecule has 1 aliphatic heterocycles. The van der Waals surface area contributed by atoms with Gasteiger partial charge in [0, 0.05) is 24.6 Å². The van der Waals surface area contributed by atoms with E-state index in [2.05, 4.69) is 41.5 Å². The fraction of sp³-hybridized carbons (Fsp3) is 0.316. The van der Waals surface area contributed by atoms with Crippen LogP contribution in [-0.4, -0.2) is 36.0 Å². The number of aromatic nitrogens is 1.